The molecule has 2 rings (SSSR count). The molecule has 1 aliphatic rings. The van der Waals surface area contributed by atoms with Crippen LogP contribution in [0.2, 0.25) is 0 Å². The summed E-state index contributed by atoms with van der Waals surface area (Å²) >= 11 is 0. The van der Waals surface area contributed by atoms with Crippen molar-refractivity contribution in [2.45, 2.75) is 12.6 Å². The van der Waals surface area contributed by atoms with Crippen LogP contribution in [-0.4, -0.2) is 53.0 Å². The molecule has 1 fully saturated rings. The maximum Gasteiger partial charge on any atom is 0.239 e. The van der Waals surface area contributed by atoms with Crippen molar-refractivity contribution in [3.05, 3.63) is 17.7 Å². The van der Waals surface area contributed by atoms with Gasteiger partial charge >= 0.3 is 0 Å². The van der Waals surface area contributed by atoms with E-state index in [1.54, 1.807) is 33.5 Å². The fourth-order valence-electron chi connectivity index (χ4n) is 2.27. The van der Waals surface area contributed by atoms with Gasteiger partial charge in [0.2, 0.25) is 5.91 Å². The van der Waals surface area contributed by atoms with Gasteiger partial charge in [0.1, 0.15) is 11.8 Å². The van der Waals surface area contributed by atoms with Gasteiger partial charge in [0.15, 0.2) is 11.5 Å². The minimum atomic E-state index is -0.320. The third-order valence-corrected chi connectivity index (χ3v) is 3.48. The Balaban J connectivity index is 0.00000264. The van der Waals surface area contributed by atoms with Gasteiger partial charge in [0.25, 0.3) is 0 Å². The van der Waals surface area contributed by atoms with Gasteiger partial charge in [-0.1, -0.05) is 0 Å². The van der Waals surface area contributed by atoms with Crippen LogP contribution in [0.25, 0.3) is 0 Å². The van der Waals surface area contributed by atoms with Crippen LogP contribution in [0.1, 0.15) is 5.56 Å². The summed E-state index contributed by atoms with van der Waals surface area (Å²) in [6, 6.07) is 3.21. The van der Waals surface area contributed by atoms with E-state index in [4.69, 9.17) is 18.9 Å². The number of hydrogen-bond acceptors (Lipinski definition) is 6. The van der Waals surface area contributed by atoms with E-state index in [-0.39, 0.29) is 24.4 Å². The van der Waals surface area contributed by atoms with Gasteiger partial charge in [-0.3, -0.25) is 4.79 Å². The largest absolute Gasteiger partial charge is 0.496 e. The number of amides is 1. The second-order valence-corrected chi connectivity index (χ2v) is 4.82. The van der Waals surface area contributed by atoms with Gasteiger partial charge in [-0.05, 0) is 6.07 Å². The van der Waals surface area contributed by atoms with Crippen LogP contribution in [0.5, 0.6) is 17.2 Å². The van der Waals surface area contributed by atoms with E-state index in [0.717, 1.165) is 5.56 Å². The van der Waals surface area contributed by atoms with E-state index in [0.29, 0.717) is 43.6 Å². The Morgan fingerprint density at radius 3 is 2.43 bits per heavy atom. The predicted molar refractivity (Wildman–Crippen MR) is 87.8 cm³/mol. The van der Waals surface area contributed by atoms with Crippen molar-refractivity contribution in [3.63, 3.8) is 0 Å². The topological polar surface area (TPSA) is 78.0 Å². The molecule has 7 nitrogen and oxygen atoms in total. The Morgan fingerprint density at radius 2 is 1.87 bits per heavy atom. The number of ether oxygens (including phenoxy) is 4. The first-order chi connectivity index (χ1) is 10.7. The fourth-order valence-corrected chi connectivity index (χ4v) is 2.27. The summed E-state index contributed by atoms with van der Waals surface area (Å²) in [5, 5.41) is 5.99. The lowest BCUT2D eigenvalue weighted by Crippen LogP contribution is -2.51. The smallest absolute Gasteiger partial charge is 0.239 e. The lowest BCUT2D eigenvalue weighted by atomic mass is 10.1. The molecule has 1 aromatic carbocycles. The van der Waals surface area contributed by atoms with Crippen LogP contribution in [0.3, 0.4) is 0 Å². The number of halogens is 1. The van der Waals surface area contributed by atoms with E-state index in [9.17, 15) is 4.79 Å². The van der Waals surface area contributed by atoms with Gasteiger partial charge in [0.05, 0.1) is 34.5 Å². The Kier molecular flexibility index (Phi) is 7.94. The molecule has 8 heteroatoms. The van der Waals surface area contributed by atoms with Gasteiger partial charge in [0, 0.05) is 24.7 Å². The zero-order chi connectivity index (χ0) is 15.9. The zero-order valence-electron chi connectivity index (χ0n) is 13.5. The second kappa shape index (κ2) is 9.44. The average molecular weight is 347 g/mol. The quantitative estimate of drug-likeness (QED) is 0.791. The van der Waals surface area contributed by atoms with Crippen molar-refractivity contribution in [1.82, 2.24) is 10.6 Å². The first-order valence-electron chi connectivity index (χ1n) is 7.07. The molecule has 0 spiro atoms. The highest BCUT2D eigenvalue weighted by Gasteiger charge is 2.21. The van der Waals surface area contributed by atoms with Gasteiger partial charge in [-0.2, -0.15) is 0 Å². The third-order valence-electron chi connectivity index (χ3n) is 3.48. The molecule has 23 heavy (non-hydrogen) atoms. The number of methoxy groups -OCH3 is 3. The van der Waals surface area contributed by atoms with Crippen molar-refractivity contribution in [1.29, 1.82) is 0 Å². The number of benzene rings is 1. The summed E-state index contributed by atoms with van der Waals surface area (Å²) in [6.45, 7) is 2.03. The zero-order valence-corrected chi connectivity index (χ0v) is 14.3. The van der Waals surface area contributed by atoms with Crippen LogP contribution in [0, 0.1) is 0 Å². The Labute approximate surface area is 142 Å². The van der Waals surface area contributed by atoms with Crippen LogP contribution in [0.15, 0.2) is 12.1 Å². The normalized spacial score (nSPS) is 16.9. The highest BCUT2D eigenvalue weighted by molar-refractivity contribution is 5.85. The first kappa shape index (κ1) is 19.3. The van der Waals surface area contributed by atoms with Crippen molar-refractivity contribution in [2.75, 3.05) is 41.1 Å². The molecule has 2 N–H and O–H groups in total. The maximum atomic E-state index is 12.1. The monoisotopic (exact) mass is 346 g/mol. The van der Waals surface area contributed by atoms with Crippen LogP contribution in [0.4, 0.5) is 0 Å². The van der Waals surface area contributed by atoms with E-state index < -0.39 is 0 Å². The highest BCUT2D eigenvalue weighted by atomic mass is 35.5. The average Bonchev–Trinajstić information content (AvgIpc) is 2.59. The minimum Gasteiger partial charge on any atom is -0.496 e. The standard InChI is InChI=1S/C15H22N2O5.ClH/c1-19-12-7-14(21-3)13(20-2)6-10(12)8-17-15(18)11-9-22-5-4-16-11;/h6-7,11,16H,4-5,8-9H2,1-3H3,(H,17,18);1H. The van der Waals surface area contributed by atoms with Crippen LogP contribution < -0.4 is 24.8 Å². The van der Waals surface area contributed by atoms with Crippen molar-refractivity contribution in [3.8, 4) is 17.2 Å². The van der Waals surface area contributed by atoms with Gasteiger partial charge < -0.3 is 29.6 Å². The Hall–Kier alpha value is -1.70. The molecular formula is C15H23ClN2O5. The van der Waals surface area contributed by atoms with E-state index in [1.165, 1.54) is 0 Å². The summed E-state index contributed by atoms with van der Waals surface area (Å²) in [6.07, 6.45) is 0. The van der Waals surface area contributed by atoms with Gasteiger partial charge in [-0.15, -0.1) is 12.4 Å². The number of carbonyl (C=O) groups excluding carboxylic acids is 1. The van der Waals surface area contributed by atoms with Gasteiger partial charge in [-0.25, -0.2) is 0 Å². The number of carbonyl (C=O) groups is 1. The summed E-state index contributed by atoms with van der Waals surface area (Å²) < 4.78 is 21.1. The molecule has 0 bridgehead atoms. The Morgan fingerprint density at radius 1 is 1.22 bits per heavy atom. The minimum absolute atomic E-state index is 0. The lowest BCUT2D eigenvalue weighted by molar-refractivity contribution is -0.126. The third kappa shape index (κ3) is 4.89. The molecule has 1 unspecified atom stereocenters. The molecule has 0 saturated carbocycles. The molecule has 0 radical (unpaired) electrons. The molecule has 1 amide bonds. The molecule has 1 saturated heterocycles. The fraction of sp³-hybridized carbons (Fsp3) is 0.533. The molecule has 0 aromatic heterocycles. The molecule has 130 valence electrons. The summed E-state index contributed by atoms with van der Waals surface area (Å²) in [4.78, 5) is 12.1. The molecule has 1 aliphatic heterocycles. The molecule has 1 atom stereocenters. The molecular weight excluding hydrogens is 324 g/mol. The lowest BCUT2D eigenvalue weighted by Gasteiger charge is -2.23. The summed E-state index contributed by atoms with van der Waals surface area (Å²) in [7, 11) is 4.70. The maximum absolute atomic E-state index is 12.1. The number of rotatable bonds is 6. The summed E-state index contributed by atoms with van der Waals surface area (Å²) in [5.74, 6) is 1.70. The van der Waals surface area contributed by atoms with E-state index >= 15 is 0 Å². The second-order valence-electron chi connectivity index (χ2n) is 4.82. The number of hydrogen-bond donors (Lipinski definition) is 2. The SMILES string of the molecule is COc1cc(OC)c(OC)cc1CNC(=O)C1COCCN1.Cl. The van der Waals surface area contributed by atoms with Crippen LogP contribution >= 0.6 is 12.4 Å². The van der Waals surface area contributed by atoms with E-state index in [2.05, 4.69) is 10.6 Å². The van der Waals surface area contributed by atoms with Crippen molar-refractivity contribution >= 4 is 18.3 Å². The Bertz CT molecular complexity index is 521. The number of nitrogens with one attached hydrogen (secondary N) is 2. The highest BCUT2D eigenvalue weighted by Crippen LogP contribution is 2.34. The predicted octanol–water partition coefficient (Wildman–Crippen LogP) is 0.739. The first-order valence-corrected chi connectivity index (χ1v) is 7.07. The van der Waals surface area contributed by atoms with Crippen molar-refractivity contribution in [2.24, 2.45) is 0 Å². The molecule has 1 heterocycles. The molecule has 1 aromatic rings. The van der Waals surface area contributed by atoms with Crippen molar-refractivity contribution < 1.29 is 23.7 Å². The summed E-state index contributed by atoms with van der Waals surface area (Å²) in [5.41, 5.74) is 0.810. The van der Waals surface area contributed by atoms with Crippen LogP contribution in [-0.2, 0) is 16.1 Å². The van der Waals surface area contributed by atoms with E-state index in [1.807, 2.05) is 0 Å². The number of morpholine rings is 1. The molecule has 0 aliphatic carbocycles.